The molecule has 9 heteroatoms. The van der Waals surface area contributed by atoms with E-state index in [0.717, 1.165) is 4.31 Å². The minimum Gasteiger partial charge on any atom is -0.469 e. The average Bonchev–Trinajstić information content (AvgIpc) is 2.84. The number of amides is 1. The van der Waals surface area contributed by atoms with Gasteiger partial charge in [0.05, 0.1) is 30.2 Å². The van der Waals surface area contributed by atoms with Gasteiger partial charge in [-0.15, -0.1) is 0 Å². The fourth-order valence-corrected chi connectivity index (χ4v) is 4.41. The highest BCUT2D eigenvalue weighted by atomic mass is 32.2. The third kappa shape index (κ3) is 5.75. The molecule has 0 radical (unpaired) electrons. The maximum absolute atomic E-state index is 13.3. The second-order valence-corrected chi connectivity index (χ2v) is 9.16. The second-order valence-electron chi connectivity index (χ2n) is 7.19. The molecule has 172 valence electrons. The van der Waals surface area contributed by atoms with Crippen LogP contribution in [-0.2, 0) is 19.6 Å². The Morgan fingerprint density at radius 2 is 1.67 bits per heavy atom. The predicted molar refractivity (Wildman–Crippen MR) is 122 cm³/mol. The van der Waals surface area contributed by atoms with Crippen molar-refractivity contribution >= 4 is 27.6 Å². The van der Waals surface area contributed by atoms with Crippen LogP contribution in [0.2, 0.25) is 0 Å². The zero-order valence-corrected chi connectivity index (χ0v) is 18.9. The van der Waals surface area contributed by atoms with Crippen LogP contribution in [0.4, 0.5) is 10.1 Å². The summed E-state index contributed by atoms with van der Waals surface area (Å²) in [5.41, 5.74) is 1.07. The molecular weight excluding hydrogens is 447 g/mol. The molecule has 1 unspecified atom stereocenters. The number of methoxy groups -OCH3 is 1. The summed E-state index contributed by atoms with van der Waals surface area (Å²) in [5, 5.41) is 2.70. The minimum atomic E-state index is -3.92. The molecule has 0 bridgehead atoms. The molecular formula is C24H23FN2O5S. The number of sulfonamides is 1. The first-order valence-corrected chi connectivity index (χ1v) is 11.4. The van der Waals surface area contributed by atoms with E-state index in [1.807, 2.05) is 0 Å². The van der Waals surface area contributed by atoms with Crippen molar-refractivity contribution < 1.29 is 27.1 Å². The molecule has 0 aliphatic heterocycles. The van der Waals surface area contributed by atoms with E-state index in [1.54, 1.807) is 30.3 Å². The van der Waals surface area contributed by atoms with Crippen molar-refractivity contribution in [2.24, 2.45) is 0 Å². The molecule has 0 aliphatic rings. The number of halogens is 1. The Kier molecular flexibility index (Phi) is 7.44. The van der Waals surface area contributed by atoms with Crippen LogP contribution < -0.4 is 9.62 Å². The van der Waals surface area contributed by atoms with Gasteiger partial charge in [0.1, 0.15) is 5.82 Å². The number of nitrogens with zero attached hydrogens (tertiary/aromatic N) is 1. The molecule has 0 fully saturated rings. The summed E-state index contributed by atoms with van der Waals surface area (Å²) in [5.74, 6) is -1.61. The summed E-state index contributed by atoms with van der Waals surface area (Å²) in [6.07, 6.45) is -0.178. The van der Waals surface area contributed by atoms with Crippen molar-refractivity contribution in [2.75, 3.05) is 18.5 Å². The maximum atomic E-state index is 13.3. The quantitative estimate of drug-likeness (QED) is 0.507. The molecule has 1 amide bonds. The Bertz CT molecular complexity index is 1230. The molecule has 0 saturated heterocycles. The number of anilines is 1. The number of carbonyl (C=O) groups is 2. The topological polar surface area (TPSA) is 92.8 Å². The molecule has 33 heavy (non-hydrogen) atoms. The van der Waals surface area contributed by atoms with Gasteiger partial charge in [-0.1, -0.05) is 36.4 Å². The van der Waals surface area contributed by atoms with Crippen LogP contribution in [-0.4, -0.2) is 34.5 Å². The third-order valence-electron chi connectivity index (χ3n) is 5.05. The van der Waals surface area contributed by atoms with E-state index >= 15 is 0 Å². The van der Waals surface area contributed by atoms with Gasteiger partial charge < -0.3 is 10.1 Å². The Balaban J connectivity index is 1.86. The number of hydrogen-bond acceptors (Lipinski definition) is 5. The second kappa shape index (κ2) is 10.3. The van der Waals surface area contributed by atoms with E-state index in [-0.39, 0.29) is 16.9 Å². The van der Waals surface area contributed by atoms with Crippen LogP contribution in [0.5, 0.6) is 0 Å². The molecule has 1 N–H and O–H groups in total. The van der Waals surface area contributed by atoms with Crippen LogP contribution in [0.3, 0.4) is 0 Å². The van der Waals surface area contributed by atoms with Crippen LogP contribution in [0.15, 0.2) is 83.8 Å². The van der Waals surface area contributed by atoms with Crippen LogP contribution in [0.25, 0.3) is 0 Å². The lowest BCUT2D eigenvalue weighted by Gasteiger charge is -2.20. The Hall–Kier alpha value is -3.72. The molecule has 0 saturated carbocycles. The number of esters is 1. The molecule has 3 rings (SSSR count). The van der Waals surface area contributed by atoms with Gasteiger partial charge in [0, 0.05) is 12.6 Å². The fraction of sp³-hybridized carbons (Fsp3) is 0.167. The zero-order valence-electron chi connectivity index (χ0n) is 18.1. The van der Waals surface area contributed by atoms with Gasteiger partial charge in [0.2, 0.25) is 0 Å². The molecule has 0 spiro atoms. The molecule has 1 atom stereocenters. The minimum absolute atomic E-state index is 0.0622. The lowest BCUT2D eigenvalue weighted by molar-refractivity contribution is -0.141. The highest BCUT2D eigenvalue weighted by Gasteiger charge is 2.24. The normalized spacial score (nSPS) is 12.0. The molecule has 0 heterocycles. The van der Waals surface area contributed by atoms with Gasteiger partial charge in [-0.3, -0.25) is 13.9 Å². The Morgan fingerprint density at radius 3 is 2.30 bits per heavy atom. The van der Waals surface area contributed by atoms with Gasteiger partial charge in [-0.2, -0.15) is 0 Å². The molecule has 0 aromatic heterocycles. The third-order valence-corrected chi connectivity index (χ3v) is 6.83. The van der Waals surface area contributed by atoms with Crippen molar-refractivity contribution in [1.29, 1.82) is 0 Å². The van der Waals surface area contributed by atoms with Crippen molar-refractivity contribution in [1.82, 2.24) is 5.32 Å². The van der Waals surface area contributed by atoms with Crippen molar-refractivity contribution in [3.05, 3.63) is 95.8 Å². The van der Waals surface area contributed by atoms with E-state index in [9.17, 15) is 22.4 Å². The zero-order chi connectivity index (χ0) is 24.0. The Labute approximate surface area is 191 Å². The van der Waals surface area contributed by atoms with Crippen molar-refractivity contribution in [2.45, 2.75) is 17.4 Å². The van der Waals surface area contributed by atoms with Gasteiger partial charge in [-0.25, -0.2) is 12.8 Å². The first-order valence-electron chi connectivity index (χ1n) is 9.99. The monoisotopic (exact) mass is 470 g/mol. The first kappa shape index (κ1) is 23.9. The van der Waals surface area contributed by atoms with E-state index < -0.39 is 33.8 Å². The SMILES string of the molecule is COC(=O)CC(NC(=O)c1cccc(S(=O)(=O)N(C)c2ccccc2)c1)c1ccc(F)cc1. The van der Waals surface area contributed by atoms with Crippen LogP contribution in [0.1, 0.15) is 28.4 Å². The molecule has 0 aliphatic carbocycles. The van der Waals surface area contributed by atoms with Gasteiger partial charge in [-0.05, 0) is 48.0 Å². The summed E-state index contributed by atoms with van der Waals surface area (Å²) < 4.78 is 45.3. The highest BCUT2D eigenvalue weighted by Crippen LogP contribution is 2.23. The lowest BCUT2D eigenvalue weighted by Crippen LogP contribution is -2.31. The van der Waals surface area contributed by atoms with Gasteiger partial charge in [0.25, 0.3) is 15.9 Å². The largest absolute Gasteiger partial charge is 0.469 e. The number of hydrogen-bond donors (Lipinski definition) is 1. The molecule has 3 aromatic rings. The Morgan fingerprint density at radius 1 is 1.00 bits per heavy atom. The summed E-state index contributed by atoms with van der Waals surface area (Å²) >= 11 is 0. The van der Waals surface area contributed by atoms with Gasteiger partial charge in [0.15, 0.2) is 0 Å². The van der Waals surface area contributed by atoms with Crippen molar-refractivity contribution in [3.63, 3.8) is 0 Å². The number of benzene rings is 3. The average molecular weight is 471 g/mol. The van der Waals surface area contributed by atoms with Crippen molar-refractivity contribution in [3.8, 4) is 0 Å². The summed E-state index contributed by atoms with van der Waals surface area (Å²) in [6.45, 7) is 0. The number of para-hydroxylation sites is 1. The molecule has 3 aromatic carbocycles. The number of carbonyl (C=O) groups excluding carboxylic acids is 2. The van der Waals surface area contributed by atoms with Crippen LogP contribution in [0, 0.1) is 5.82 Å². The summed E-state index contributed by atoms with van der Waals surface area (Å²) in [4.78, 5) is 24.7. The van der Waals surface area contributed by atoms with E-state index in [4.69, 9.17) is 4.74 Å². The summed E-state index contributed by atoms with van der Waals surface area (Å²) in [6, 6.07) is 18.7. The smallest absolute Gasteiger partial charge is 0.307 e. The summed E-state index contributed by atoms with van der Waals surface area (Å²) in [7, 11) is -1.26. The van der Waals surface area contributed by atoms with E-state index in [1.165, 1.54) is 62.7 Å². The predicted octanol–water partition coefficient (Wildman–Crippen LogP) is 3.69. The lowest BCUT2D eigenvalue weighted by atomic mass is 10.0. The highest BCUT2D eigenvalue weighted by molar-refractivity contribution is 7.92. The first-order chi connectivity index (χ1) is 15.7. The number of ether oxygens (including phenoxy) is 1. The van der Waals surface area contributed by atoms with Gasteiger partial charge >= 0.3 is 5.97 Å². The maximum Gasteiger partial charge on any atom is 0.307 e. The van der Waals surface area contributed by atoms with Crippen LogP contribution >= 0.6 is 0 Å². The van der Waals surface area contributed by atoms with E-state index in [0.29, 0.717) is 11.3 Å². The standard InChI is InChI=1S/C24H23FN2O5S/c1-27(20-8-4-3-5-9-20)33(30,31)21-10-6-7-18(15-21)24(29)26-22(16-23(28)32-2)17-11-13-19(25)14-12-17/h3-15,22H,16H2,1-2H3,(H,26,29). The van der Waals surface area contributed by atoms with E-state index in [2.05, 4.69) is 5.32 Å². The number of rotatable bonds is 8. The molecule has 7 nitrogen and oxygen atoms in total. The fourth-order valence-electron chi connectivity index (χ4n) is 3.17. The number of nitrogens with one attached hydrogen (secondary N) is 1.